The largest absolute Gasteiger partial charge is 0.496 e. The van der Waals surface area contributed by atoms with E-state index in [9.17, 15) is 4.79 Å². The minimum atomic E-state index is -0.536. The van der Waals surface area contributed by atoms with Gasteiger partial charge in [0.05, 0.1) is 19.8 Å². The Balaban J connectivity index is 2.53. The molecule has 1 aromatic carbocycles. The number of nitrogen functional groups attached to an aromatic ring is 1. The van der Waals surface area contributed by atoms with Gasteiger partial charge < -0.3 is 15.2 Å². The number of methoxy groups -OCH3 is 2. The molecular formula is C13H14N2O3S. The molecular weight excluding hydrogens is 264 g/mol. The number of thiazole rings is 1. The SMILES string of the molecule is COC(=O)c1nc(-c2cc(C)ccc2OC)sc1N. The third-order valence-corrected chi connectivity index (χ3v) is 3.54. The zero-order valence-electron chi connectivity index (χ0n) is 10.9. The van der Waals surface area contributed by atoms with E-state index >= 15 is 0 Å². The summed E-state index contributed by atoms with van der Waals surface area (Å²) in [5, 5.41) is 0.976. The van der Waals surface area contributed by atoms with Crippen LogP contribution < -0.4 is 10.5 Å². The first-order valence-electron chi connectivity index (χ1n) is 5.56. The molecule has 0 radical (unpaired) electrons. The first-order chi connectivity index (χ1) is 9.06. The molecule has 2 rings (SSSR count). The van der Waals surface area contributed by atoms with Crippen LogP contribution in [0.1, 0.15) is 16.1 Å². The summed E-state index contributed by atoms with van der Waals surface area (Å²) < 4.78 is 9.94. The highest BCUT2D eigenvalue weighted by Crippen LogP contribution is 2.36. The summed E-state index contributed by atoms with van der Waals surface area (Å²) >= 11 is 1.24. The van der Waals surface area contributed by atoms with Crippen molar-refractivity contribution in [3.8, 4) is 16.3 Å². The second-order valence-corrected chi connectivity index (χ2v) is 4.96. The number of benzene rings is 1. The van der Waals surface area contributed by atoms with Crippen molar-refractivity contribution in [1.82, 2.24) is 4.98 Å². The predicted molar refractivity (Wildman–Crippen MR) is 74.6 cm³/mol. The van der Waals surface area contributed by atoms with E-state index in [4.69, 9.17) is 10.5 Å². The lowest BCUT2D eigenvalue weighted by molar-refractivity contribution is 0.0596. The third-order valence-electron chi connectivity index (χ3n) is 2.62. The number of nitrogens with zero attached hydrogens (tertiary/aromatic N) is 1. The van der Waals surface area contributed by atoms with E-state index in [1.165, 1.54) is 18.4 Å². The second kappa shape index (κ2) is 5.27. The van der Waals surface area contributed by atoms with Gasteiger partial charge in [-0.15, -0.1) is 0 Å². The molecule has 0 saturated carbocycles. The predicted octanol–water partition coefficient (Wildman–Crippen LogP) is 2.50. The van der Waals surface area contributed by atoms with Gasteiger partial charge in [-0.25, -0.2) is 9.78 Å². The van der Waals surface area contributed by atoms with Crippen LogP contribution in [0.15, 0.2) is 18.2 Å². The fourth-order valence-corrected chi connectivity index (χ4v) is 2.52. The molecule has 6 heteroatoms. The first-order valence-corrected chi connectivity index (χ1v) is 6.38. The molecule has 0 aliphatic carbocycles. The first kappa shape index (κ1) is 13.4. The summed E-state index contributed by atoms with van der Waals surface area (Å²) in [5.74, 6) is 0.155. The number of nitrogens with two attached hydrogens (primary N) is 1. The Labute approximate surface area is 115 Å². The van der Waals surface area contributed by atoms with E-state index in [-0.39, 0.29) is 5.69 Å². The van der Waals surface area contributed by atoms with Gasteiger partial charge in [0.25, 0.3) is 0 Å². The number of hydrogen-bond acceptors (Lipinski definition) is 6. The molecule has 0 bridgehead atoms. The van der Waals surface area contributed by atoms with E-state index in [0.29, 0.717) is 15.8 Å². The number of esters is 1. The normalized spacial score (nSPS) is 10.3. The van der Waals surface area contributed by atoms with E-state index in [1.807, 2.05) is 25.1 Å². The van der Waals surface area contributed by atoms with Gasteiger partial charge in [0.1, 0.15) is 15.8 Å². The highest BCUT2D eigenvalue weighted by atomic mass is 32.1. The standard InChI is InChI=1S/C13H14N2O3S/c1-7-4-5-9(17-2)8(6-7)12-15-10(11(14)19-12)13(16)18-3/h4-6H,14H2,1-3H3. The summed E-state index contributed by atoms with van der Waals surface area (Å²) in [4.78, 5) is 15.8. The Hall–Kier alpha value is -2.08. The molecule has 5 nitrogen and oxygen atoms in total. The molecule has 100 valence electrons. The maximum absolute atomic E-state index is 11.5. The molecule has 0 aliphatic rings. The average Bonchev–Trinajstić information content (AvgIpc) is 2.79. The highest BCUT2D eigenvalue weighted by molar-refractivity contribution is 7.19. The van der Waals surface area contributed by atoms with Gasteiger partial charge in [-0.3, -0.25) is 0 Å². The lowest BCUT2D eigenvalue weighted by Gasteiger charge is -2.06. The Morgan fingerprint density at radius 1 is 1.37 bits per heavy atom. The Morgan fingerprint density at radius 3 is 2.74 bits per heavy atom. The fourth-order valence-electron chi connectivity index (χ4n) is 1.68. The molecule has 0 unspecified atom stereocenters. The number of anilines is 1. The second-order valence-electron chi connectivity index (χ2n) is 3.93. The molecule has 0 saturated heterocycles. The van der Waals surface area contributed by atoms with Crippen LogP contribution in [-0.4, -0.2) is 25.2 Å². The van der Waals surface area contributed by atoms with Crippen molar-refractivity contribution < 1.29 is 14.3 Å². The Bertz CT molecular complexity index is 622. The van der Waals surface area contributed by atoms with Crippen LogP contribution in [-0.2, 0) is 4.74 Å². The Morgan fingerprint density at radius 2 is 2.11 bits per heavy atom. The van der Waals surface area contributed by atoms with Crippen LogP contribution in [0, 0.1) is 6.92 Å². The van der Waals surface area contributed by atoms with Crippen molar-refractivity contribution in [2.75, 3.05) is 20.0 Å². The molecule has 19 heavy (non-hydrogen) atoms. The van der Waals surface area contributed by atoms with Gasteiger partial charge >= 0.3 is 5.97 Å². The topological polar surface area (TPSA) is 74.4 Å². The summed E-state index contributed by atoms with van der Waals surface area (Å²) in [6, 6.07) is 5.75. The van der Waals surface area contributed by atoms with Crippen LogP contribution in [0.25, 0.3) is 10.6 Å². The third kappa shape index (κ3) is 2.53. The summed E-state index contributed by atoms with van der Waals surface area (Å²) in [7, 11) is 2.89. The van der Waals surface area contributed by atoms with Gasteiger partial charge in [0.15, 0.2) is 5.69 Å². The molecule has 0 amide bonds. The van der Waals surface area contributed by atoms with Crippen molar-refractivity contribution in [3.05, 3.63) is 29.5 Å². The van der Waals surface area contributed by atoms with Gasteiger partial charge in [0.2, 0.25) is 0 Å². The van der Waals surface area contributed by atoms with E-state index < -0.39 is 5.97 Å². The molecule has 0 spiro atoms. The zero-order valence-corrected chi connectivity index (χ0v) is 11.7. The molecule has 2 N–H and O–H groups in total. The number of aryl methyl sites for hydroxylation is 1. The van der Waals surface area contributed by atoms with Gasteiger partial charge in [-0.2, -0.15) is 0 Å². The molecule has 0 aliphatic heterocycles. The number of hydrogen-bond donors (Lipinski definition) is 1. The van der Waals surface area contributed by atoms with Gasteiger partial charge in [-0.05, 0) is 19.1 Å². The van der Waals surface area contributed by atoms with E-state index in [2.05, 4.69) is 9.72 Å². The monoisotopic (exact) mass is 278 g/mol. The van der Waals surface area contributed by atoms with Gasteiger partial charge in [0, 0.05) is 0 Å². The van der Waals surface area contributed by atoms with E-state index in [1.54, 1.807) is 7.11 Å². The summed E-state index contributed by atoms with van der Waals surface area (Å²) in [5.41, 5.74) is 7.83. The quantitative estimate of drug-likeness (QED) is 0.873. The van der Waals surface area contributed by atoms with E-state index in [0.717, 1.165) is 11.1 Å². The lowest BCUT2D eigenvalue weighted by Crippen LogP contribution is -2.04. The molecule has 1 aromatic heterocycles. The van der Waals surface area contributed by atoms with Crippen molar-refractivity contribution in [1.29, 1.82) is 0 Å². The van der Waals surface area contributed by atoms with Crippen molar-refractivity contribution >= 4 is 22.3 Å². The zero-order chi connectivity index (χ0) is 14.0. The maximum atomic E-state index is 11.5. The van der Waals surface area contributed by atoms with Crippen molar-refractivity contribution in [2.45, 2.75) is 6.92 Å². The smallest absolute Gasteiger partial charge is 0.359 e. The van der Waals surface area contributed by atoms with Crippen LogP contribution in [0.5, 0.6) is 5.75 Å². The summed E-state index contributed by atoms with van der Waals surface area (Å²) in [6.07, 6.45) is 0. The number of ether oxygens (including phenoxy) is 2. The highest BCUT2D eigenvalue weighted by Gasteiger charge is 2.19. The summed E-state index contributed by atoms with van der Waals surface area (Å²) in [6.45, 7) is 1.97. The molecule has 0 fully saturated rings. The number of aromatic nitrogens is 1. The van der Waals surface area contributed by atoms with Crippen LogP contribution in [0.2, 0.25) is 0 Å². The minimum Gasteiger partial charge on any atom is -0.496 e. The fraction of sp³-hybridized carbons (Fsp3) is 0.231. The van der Waals surface area contributed by atoms with Crippen LogP contribution >= 0.6 is 11.3 Å². The van der Waals surface area contributed by atoms with Crippen LogP contribution in [0.3, 0.4) is 0 Å². The maximum Gasteiger partial charge on any atom is 0.359 e. The molecule has 2 aromatic rings. The lowest BCUT2D eigenvalue weighted by atomic mass is 10.1. The number of rotatable bonds is 3. The molecule has 1 heterocycles. The van der Waals surface area contributed by atoms with Gasteiger partial charge in [-0.1, -0.05) is 23.0 Å². The minimum absolute atomic E-state index is 0.144. The number of carbonyl (C=O) groups excluding carboxylic acids is 1. The number of carbonyl (C=O) groups is 1. The average molecular weight is 278 g/mol. The van der Waals surface area contributed by atoms with Crippen molar-refractivity contribution in [2.24, 2.45) is 0 Å². The Kier molecular flexibility index (Phi) is 3.71. The van der Waals surface area contributed by atoms with Crippen molar-refractivity contribution in [3.63, 3.8) is 0 Å². The molecule has 0 atom stereocenters. The van der Waals surface area contributed by atoms with Crippen LogP contribution in [0.4, 0.5) is 5.00 Å².